The first-order valence-corrected chi connectivity index (χ1v) is 4.78. The number of rotatable bonds is 1. The van der Waals surface area contributed by atoms with Crippen LogP contribution in [-0.4, -0.2) is 9.97 Å². The molecule has 0 amide bonds. The van der Waals surface area contributed by atoms with Crippen LogP contribution in [0.15, 0.2) is 23.7 Å². The minimum absolute atomic E-state index is 0.321. The first-order valence-electron chi connectivity index (χ1n) is 3.90. The van der Waals surface area contributed by atoms with E-state index in [9.17, 15) is 0 Å². The highest BCUT2D eigenvalue weighted by molar-refractivity contribution is 7.10. The third kappa shape index (κ3) is 1.67. The number of nitrogens with zero attached hydrogens (tertiary/aromatic N) is 2. The van der Waals surface area contributed by atoms with Gasteiger partial charge in [-0.2, -0.15) is 0 Å². The average Bonchev–Trinajstić information content (AvgIpc) is 2.52. The Labute approximate surface area is 80.3 Å². The fraction of sp³-hybridized carbons (Fsp3) is 0.111. The molecule has 2 aromatic rings. The van der Waals surface area contributed by atoms with E-state index in [0.29, 0.717) is 5.95 Å². The molecule has 3 nitrogen and oxygen atoms in total. The van der Waals surface area contributed by atoms with Crippen LogP contribution in [0.4, 0.5) is 5.95 Å². The van der Waals surface area contributed by atoms with Gasteiger partial charge in [-0.25, -0.2) is 9.97 Å². The van der Waals surface area contributed by atoms with Gasteiger partial charge in [0.1, 0.15) is 0 Å². The first kappa shape index (κ1) is 8.19. The van der Waals surface area contributed by atoms with Crippen molar-refractivity contribution in [3.8, 4) is 11.3 Å². The molecule has 0 bridgehead atoms. The van der Waals surface area contributed by atoms with Crippen molar-refractivity contribution in [3.63, 3.8) is 0 Å². The Balaban J connectivity index is 2.46. The largest absolute Gasteiger partial charge is 0.368 e. The maximum atomic E-state index is 5.48. The average molecular weight is 191 g/mol. The van der Waals surface area contributed by atoms with Gasteiger partial charge in [-0.1, -0.05) is 0 Å². The summed E-state index contributed by atoms with van der Waals surface area (Å²) in [6.45, 7) is 2.07. The van der Waals surface area contributed by atoms with Gasteiger partial charge in [0, 0.05) is 22.0 Å². The smallest absolute Gasteiger partial charge is 0.220 e. The Morgan fingerprint density at radius 2 is 2.31 bits per heavy atom. The normalized spacial score (nSPS) is 10.2. The lowest BCUT2D eigenvalue weighted by Crippen LogP contribution is -1.94. The van der Waals surface area contributed by atoms with Crippen molar-refractivity contribution < 1.29 is 0 Å². The van der Waals surface area contributed by atoms with E-state index < -0.39 is 0 Å². The molecule has 0 spiro atoms. The summed E-state index contributed by atoms with van der Waals surface area (Å²) in [5.74, 6) is 0.321. The Morgan fingerprint density at radius 1 is 1.46 bits per heavy atom. The molecule has 0 fully saturated rings. The zero-order valence-electron chi connectivity index (χ0n) is 7.19. The second kappa shape index (κ2) is 3.14. The van der Waals surface area contributed by atoms with Crippen LogP contribution in [0.25, 0.3) is 11.3 Å². The SMILES string of the molecule is Cc1cc(-c2ccnc(N)n2)cs1. The second-order valence-electron chi connectivity index (χ2n) is 2.75. The van der Waals surface area contributed by atoms with E-state index in [1.807, 2.05) is 6.07 Å². The number of aromatic nitrogens is 2. The number of nitrogen functional groups attached to an aromatic ring is 1. The van der Waals surface area contributed by atoms with E-state index in [4.69, 9.17) is 5.73 Å². The highest BCUT2D eigenvalue weighted by atomic mass is 32.1. The minimum atomic E-state index is 0.321. The molecule has 0 saturated carbocycles. The zero-order chi connectivity index (χ0) is 9.26. The van der Waals surface area contributed by atoms with Crippen LogP contribution in [0, 0.1) is 6.92 Å². The minimum Gasteiger partial charge on any atom is -0.368 e. The highest BCUT2D eigenvalue weighted by Gasteiger charge is 2.01. The van der Waals surface area contributed by atoms with Crippen LogP contribution < -0.4 is 5.73 Å². The van der Waals surface area contributed by atoms with Gasteiger partial charge < -0.3 is 5.73 Å². The third-order valence-electron chi connectivity index (χ3n) is 1.70. The molecule has 2 aromatic heterocycles. The predicted molar refractivity (Wildman–Crippen MR) is 54.5 cm³/mol. The molecule has 0 aliphatic rings. The van der Waals surface area contributed by atoms with Crippen LogP contribution in [0.3, 0.4) is 0 Å². The summed E-state index contributed by atoms with van der Waals surface area (Å²) in [6.07, 6.45) is 1.67. The maximum Gasteiger partial charge on any atom is 0.220 e. The second-order valence-corrected chi connectivity index (χ2v) is 3.86. The van der Waals surface area contributed by atoms with E-state index in [1.165, 1.54) is 4.88 Å². The molecule has 2 heterocycles. The molecule has 66 valence electrons. The van der Waals surface area contributed by atoms with E-state index in [1.54, 1.807) is 17.5 Å². The molecule has 0 aromatic carbocycles. The van der Waals surface area contributed by atoms with Gasteiger partial charge in [-0.3, -0.25) is 0 Å². The van der Waals surface area contributed by atoms with Crippen LogP contribution in [0.2, 0.25) is 0 Å². The lowest BCUT2D eigenvalue weighted by Gasteiger charge is -1.96. The molecule has 2 N–H and O–H groups in total. The van der Waals surface area contributed by atoms with Crippen molar-refractivity contribution in [2.75, 3.05) is 5.73 Å². The molecule has 4 heteroatoms. The van der Waals surface area contributed by atoms with Gasteiger partial charge in [-0.15, -0.1) is 11.3 Å². The summed E-state index contributed by atoms with van der Waals surface area (Å²) >= 11 is 1.70. The summed E-state index contributed by atoms with van der Waals surface area (Å²) in [4.78, 5) is 9.24. The van der Waals surface area contributed by atoms with Gasteiger partial charge in [-0.05, 0) is 19.1 Å². The van der Waals surface area contributed by atoms with Crippen LogP contribution >= 0.6 is 11.3 Å². The van der Waals surface area contributed by atoms with Gasteiger partial charge in [0.2, 0.25) is 5.95 Å². The highest BCUT2D eigenvalue weighted by Crippen LogP contribution is 2.23. The van der Waals surface area contributed by atoms with Gasteiger partial charge >= 0.3 is 0 Å². The Bertz CT molecular complexity index is 422. The summed E-state index contributed by atoms with van der Waals surface area (Å²) in [5, 5.41) is 2.07. The van der Waals surface area contributed by atoms with Crippen LogP contribution in [-0.2, 0) is 0 Å². The van der Waals surface area contributed by atoms with E-state index in [0.717, 1.165) is 11.3 Å². The fourth-order valence-corrected chi connectivity index (χ4v) is 1.81. The van der Waals surface area contributed by atoms with Gasteiger partial charge in [0.15, 0.2) is 0 Å². The Hall–Kier alpha value is -1.42. The zero-order valence-corrected chi connectivity index (χ0v) is 8.01. The van der Waals surface area contributed by atoms with Crippen molar-refractivity contribution in [3.05, 3.63) is 28.6 Å². The van der Waals surface area contributed by atoms with Crippen molar-refractivity contribution in [1.82, 2.24) is 9.97 Å². The maximum absolute atomic E-state index is 5.48. The number of thiophene rings is 1. The molecule has 13 heavy (non-hydrogen) atoms. The molecular weight excluding hydrogens is 182 g/mol. The van der Waals surface area contributed by atoms with Gasteiger partial charge in [0.25, 0.3) is 0 Å². The van der Waals surface area contributed by atoms with Crippen molar-refractivity contribution >= 4 is 17.3 Å². The lowest BCUT2D eigenvalue weighted by atomic mass is 10.2. The monoisotopic (exact) mass is 191 g/mol. The van der Waals surface area contributed by atoms with Crippen LogP contribution in [0.1, 0.15) is 4.88 Å². The van der Waals surface area contributed by atoms with Gasteiger partial charge in [0.05, 0.1) is 5.69 Å². The van der Waals surface area contributed by atoms with Crippen LogP contribution in [0.5, 0.6) is 0 Å². The molecule has 2 rings (SSSR count). The lowest BCUT2D eigenvalue weighted by molar-refractivity contribution is 1.19. The summed E-state index contributed by atoms with van der Waals surface area (Å²) < 4.78 is 0. The van der Waals surface area contributed by atoms with E-state index >= 15 is 0 Å². The number of hydrogen-bond acceptors (Lipinski definition) is 4. The van der Waals surface area contributed by atoms with Crippen molar-refractivity contribution in [1.29, 1.82) is 0 Å². The summed E-state index contributed by atoms with van der Waals surface area (Å²) in [6, 6.07) is 3.95. The molecule has 0 saturated heterocycles. The number of aryl methyl sites for hydroxylation is 1. The standard InChI is InChI=1S/C9H9N3S/c1-6-4-7(5-13-6)8-2-3-11-9(10)12-8/h2-5H,1H3,(H2,10,11,12). The molecule has 0 radical (unpaired) electrons. The number of hydrogen-bond donors (Lipinski definition) is 1. The third-order valence-corrected chi connectivity index (χ3v) is 2.56. The summed E-state index contributed by atoms with van der Waals surface area (Å²) in [5.41, 5.74) is 7.48. The Kier molecular flexibility index (Phi) is 1.98. The first-order chi connectivity index (χ1) is 6.25. The fourth-order valence-electron chi connectivity index (χ4n) is 1.11. The molecular formula is C9H9N3S. The molecule has 0 unspecified atom stereocenters. The summed E-state index contributed by atoms with van der Waals surface area (Å²) in [7, 11) is 0. The number of anilines is 1. The predicted octanol–water partition coefficient (Wildman–Crippen LogP) is 2.10. The van der Waals surface area contributed by atoms with E-state index in [2.05, 4.69) is 28.3 Å². The van der Waals surface area contributed by atoms with E-state index in [-0.39, 0.29) is 0 Å². The molecule has 0 aliphatic carbocycles. The quantitative estimate of drug-likeness (QED) is 0.751. The van der Waals surface area contributed by atoms with Crippen molar-refractivity contribution in [2.24, 2.45) is 0 Å². The number of nitrogens with two attached hydrogens (primary N) is 1. The molecule has 0 aliphatic heterocycles. The Morgan fingerprint density at radius 3 is 2.92 bits per heavy atom. The molecule has 0 atom stereocenters. The van der Waals surface area contributed by atoms with Crippen molar-refractivity contribution in [2.45, 2.75) is 6.92 Å². The topological polar surface area (TPSA) is 51.8 Å².